The molecule has 92 valence electrons. The zero-order chi connectivity index (χ0) is 12.1. The van der Waals surface area contributed by atoms with Crippen LogP contribution in [0.5, 0.6) is 0 Å². The number of rotatable bonds is 1. The highest BCUT2D eigenvalue weighted by molar-refractivity contribution is 5.26. The SMILES string of the molecule is C[C@H]1CC[C@H]2C(C(C)(C)O)=CC(C)(C)C[C@@H]12. The molecular weight excluding hydrogens is 196 g/mol. The molecule has 2 rings (SSSR count). The largest absolute Gasteiger partial charge is 0.386 e. The highest BCUT2D eigenvalue weighted by Crippen LogP contribution is 2.53. The van der Waals surface area contributed by atoms with Crippen molar-refractivity contribution in [2.75, 3.05) is 0 Å². The second-order valence-corrected chi connectivity index (χ2v) is 7.18. The van der Waals surface area contributed by atoms with Gasteiger partial charge in [-0.25, -0.2) is 0 Å². The monoisotopic (exact) mass is 222 g/mol. The number of aliphatic hydroxyl groups is 1. The first-order valence-electron chi connectivity index (χ1n) is 6.66. The van der Waals surface area contributed by atoms with E-state index >= 15 is 0 Å². The Hall–Kier alpha value is -0.300. The molecule has 0 bridgehead atoms. The van der Waals surface area contributed by atoms with Gasteiger partial charge in [0.1, 0.15) is 0 Å². The van der Waals surface area contributed by atoms with E-state index in [4.69, 9.17) is 0 Å². The molecule has 0 saturated heterocycles. The molecule has 1 fully saturated rings. The Morgan fingerprint density at radius 1 is 1.31 bits per heavy atom. The molecule has 0 aromatic carbocycles. The molecule has 2 aliphatic rings. The van der Waals surface area contributed by atoms with Crippen molar-refractivity contribution in [1.29, 1.82) is 0 Å². The fourth-order valence-corrected chi connectivity index (χ4v) is 3.82. The van der Waals surface area contributed by atoms with E-state index in [1.165, 1.54) is 24.8 Å². The Kier molecular flexibility index (Phi) is 2.73. The summed E-state index contributed by atoms with van der Waals surface area (Å²) in [6.07, 6.45) is 6.25. The lowest BCUT2D eigenvalue weighted by molar-refractivity contribution is 0.0863. The Balaban J connectivity index is 2.38. The van der Waals surface area contributed by atoms with E-state index in [2.05, 4.69) is 26.8 Å². The van der Waals surface area contributed by atoms with Crippen LogP contribution in [0.25, 0.3) is 0 Å². The van der Waals surface area contributed by atoms with Gasteiger partial charge in [0.15, 0.2) is 0 Å². The van der Waals surface area contributed by atoms with E-state index in [1.54, 1.807) is 0 Å². The third-order valence-corrected chi connectivity index (χ3v) is 4.59. The summed E-state index contributed by atoms with van der Waals surface area (Å²) in [5.41, 5.74) is 0.929. The Morgan fingerprint density at radius 2 is 1.94 bits per heavy atom. The van der Waals surface area contributed by atoms with Gasteiger partial charge < -0.3 is 5.11 Å². The highest BCUT2D eigenvalue weighted by atomic mass is 16.3. The molecule has 0 spiro atoms. The van der Waals surface area contributed by atoms with Crippen molar-refractivity contribution in [2.45, 2.75) is 59.5 Å². The van der Waals surface area contributed by atoms with Gasteiger partial charge >= 0.3 is 0 Å². The molecule has 16 heavy (non-hydrogen) atoms. The first-order valence-corrected chi connectivity index (χ1v) is 6.66. The van der Waals surface area contributed by atoms with E-state index in [0.717, 1.165) is 11.8 Å². The minimum absolute atomic E-state index is 0.259. The average molecular weight is 222 g/mol. The van der Waals surface area contributed by atoms with Gasteiger partial charge in [-0.1, -0.05) is 26.8 Å². The van der Waals surface area contributed by atoms with Crippen LogP contribution >= 0.6 is 0 Å². The summed E-state index contributed by atoms with van der Waals surface area (Å²) < 4.78 is 0. The van der Waals surface area contributed by atoms with Gasteiger partial charge in [0.2, 0.25) is 0 Å². The van der Waals surface area contributed by atoms with Crippen LogP contribution in [-0.2, 0) is 0 Å². The molecule has 3 atom stereocenters. The summed E-state index contributed by atoms with van der Waals surface area (Å²) in [6, 6.07) is 0. The van der Waals surface area contributed by atoms with Crippen molar-refractivity contribution in [3.63, 3.8) is 0 Å². The zero-order valence-corrected chi connectivity index (χ0v) is 11.4. The molecule has 0 heterocycles. The fourth-order valence-electron chi connectivity index (χ4n) is 3.82. The van der Waals surface area contributed by atoms with Crippen molar-refractivity contribution >= 4 is 0 Å². The first-order chi connectivity index (χ1) is 7.21. The molecule has 1 saturated carbocycles. The van der Waals surface area contributed by atoms with Gasteiger partial charge in [0, 0.05) is 0 Å². The van der Waals surface area contributed by atoms with Crippen LogP contribution in [0.2, 0.25) is 0 Å². The summed E-state index contributed by atoms with van der Waals surface area (Å²) in [7, 11) is 0. The predicted octanol–water partition coefficient (Wildman–Crippen LogP) is 3.78. The van der Waals surface area contributed by atoms with E-state index in [-0.39, 0.29) is 5.41 Å². The first kappa shape index (κ1) is 12.2. The molecular formula is C15H26O. The van der Waals surface area contributed by atoms with Gasteiger partial charge in [0.25, 0.3) is 0 Å². The lowest BCUT2D eigenvalue weighted by Gasteiger charge is -2.42. The lowest BCUT2D eigenvalue weighted by Crippen LogP contribution is -2.36. The average Bonchev–Trinajstić information content (AvgIpc) is 2.44. The summed E-state index contributed by atoms with van der Waals surface area (Å²) in [6.45, 7) is 10.9. The molecule has 0 unspecified atom stereocenters. The van der Waals surface area contributed by atoms with Crippen molar-refractivity contribution in [1.82, 2.24) is 0 Å². The Morgan fingerprint density at radius 3 is 2.50 bits per heavy atom. The highest BCUT2D eigenvalue weighted by Gasteiger charge is 2.45. The maximum atomic E-state index is 10.3. The molecule has 1 nitrogen and oxygen atoms in total. The minimum Gasteiger partial charge on any atom is -0.386 e. The maximum absolute atomic E-state index is 10.3. The van der Waals surface area contributed by atoms with Crippen LogP contribution in [0.1, 0.15) is 53.9 Å². The molecule has 0 aliphatic heterocycles. The second-order valence-electron chi connectivity index (χ2n) is 7.18. The number of fused-ring (bicyclic) bond motifs is 1. The molecule has 1 heteroatoms. The number of hydrogen-bond donors (Lipinski definition) is 1. The van der Waals surface area contributed by atoms with Gasteiger partial charge in [-0.2, -0.15) is 0 Å². The number of allylic oxidation sites excluding steroid dienone is 1. The molecule has 0 amide bonds. The van der Waals surface area contributed by atoms with Gasteiger partial charge in [-0.15, -0.1) is 0 Å². The van der Waals surface area contributed by atoms with E-state index in [0.29, 0.717) is 5.92 Å². The smallest absolute Gasteiger partial charge is 0.0803 e. The van der Waals surface area contributed by atoms with Crippen LogP contribution in [-0.4, -0.2) is 10.7 Å². The van der Waals surface area contributed by atoms with Crippen molar-refractivity contribution < 1.29 is 5.11 Å². The summed E-state index contributed by atoms with van der Waals surface area (Å²) >= 11 is 0. The summed E-state index contributed by atoms with van der Waals surface area (Å²) in [5.74, 6) is 2.26. The Bertz CT molecular complexity index is 306. The zero-order valence-electron chi connectivity index (χ0n) is 11.4. The van der Waals surface area contributed by atoms with Crippen molar-refractivity contribution in [2.24, 2.45) is 23.2 Å². The van der Waals surface area contributed by atoms with Gasteiger partial charge in [-0.3, -0.25) is 0 Å². The van der Waals surface area contributed by atoms with Crippen LogP contribution in [0.3, 0.4) is 0 Å². The number of hydrogen-bond acceptors (Lipinski definition) is 1. The van der Waals surface area contributed by atoms with Crippen LogP contribution in [0.4, 0.5) is 0 Å². The fraction of sp³-hybridized carbons (Fsp3) is 0.867. The normalized spacial score (nSPS) is 38.1. The van der Waals surface area contributed by atoms with Crippen LogP contribution in [0.15, 0.2) is 11.6 Å². The lowest BCUT2D eigenvalue weighted by atomic mass is 9.65. The third-order valence-electron chi connectivity index (χ3n) is 4.59. The summed E-state index contributed by atoms with van der Waals surface area (Å²) in [5, 5.41) is 10.3. The van der Waals surface area contributed by atoms with Crippen molar-refractivity contribution in [3.05, 3.63) is 11.6 Å². The topological polar surface area (TPSA) is 20.2 Å². The maximum Gasteiger partial charge on any atom is 0.0803 e. The quantitative estimate of drug-likeness (QED) is 0.669. The van der Waals surface area contributed by atoms with Crippen molar-refractivity contribution in [3.8, 4) is 0 Å². The van der Waals surface area contributed by atoms with E-state index < -0.39 is 5.60 Å². The minimum atomic E-state index is -0.634. The second kappa shape index (κ2) is 3.60. The van der Waals surface area contributed by atoms with Crippen LogP contribution in [0, 0.1) is 23.2 Å². The molecule has 2 aliphatic carbocycles. The molecule has 0 aromatic rings. The van der Waals surface area contributed by atoms with Crippen LogP contribution < -0.4 is 0 Å². The van der Waals surface area contributed by atoms with E-state index in [9.17, 15) is 5.11 Å². The van der Waals surface area contributed by atoms with Gasteiger partial charge in [0.05, 0.1) is 5.60 Å². The standard InChI is InChI=1S/C15H26O/c1-10-6-7-11-12(10)8-14(2,3)9-13(11)15(4,5)16/h9-12,16H,6-8H2,1-5H3/t10-,11+,12-/m0/s1. The Labute approximate surface area is 99.9 Å². The third kappa shape index (κ3) is 2.07. The summed E-state index contributed by atoms with van der Waals surface area (Å²) in [4.78, 5) is 0. The van der Waals surface area contributed by atoms with Gasteiger partial charge in [-0.05, 0) is 61.9 Å². The van der Waals surface area contributed by atoms with E-state index in [1.807, 2.05) is 13.8 Å². The molecule has 0 aromatic heterocycles. The molecule has 1 N–H and O–H groups in total. The molecule has 0 radical (unpaired) electrons. The predicted molar refractivity (Wildman–Crippen MR) is 68.2 cm³/mol.